The highest BCUT2D eigenvalue weighted by Gasteiger charge is 2.24. The fraction of sp³-hybridized carbons (Fsp3) is 0.647. The SMILES string of the molecule is Cn1c(=O)[nH]c(=O)c2[nH]c(CCC(=O)NC(CN)C3CCCCC3)nc21. The fourth-order valence-electron chi connectivity index (χ4n) is 3.69. The van der Waals surface area contributed by atoms with E-state index >= 15 is 0 Å². The van der Waals surface area contributed by atoms with Gasteiger partial charge in [-0.25, -0.2) is 9.78 Å². The maximum atomic E-state index is 12.3. The number of fused-ring (bicyclic) bond motifs is 1. The van der Waals surface area contributed by atoms with Gasteiger partial charge in [-0.3, -0.25) is 19.1 Å². The number of H-pyrrole nitrogens is 2. The molecule has 9 nitrogen and oxygen atoms in total. The van der Waals surface area contributed by atoms with Crippen LogP contribution < -0.4 is 22.3 Å². The lowest BCUT2D eigenvalue weighted by Crippen LogP contribution is -2.46. The number of aromatic nitrogens is 4. The summed E-state index contributed by atoms with van der Waals surface area (Å²) >= 11 is 0. The Morgan fingerprint density at radius 3 is 2.73 bits per heavy atom. The summed E-state index contributed by atoms with van der Waals surface area (Å²) in [7, 11) is 1.54. The number of carbonyl (C=O) groups is 1. The van der Waals surface area contributed by atoms with E-state index in [0.717, 1.165) is 12.8 Å². The fourth-order valence-corrected chi connectivity index (χ4v) is 3.69. The number of amides is 1. The molecule has 1 fully saturated rings. The summed E-state index contributed by atoms with van der Waals surface area (Å²) in [5, 5.41) is 3.04. The normalized spacial score (nSPS) is 16.7. The van der Waals surface area contributed by atoms with Gasteiger partial charge in [0, 0.05) is 32.5 Å². The number of imidazole rings is 1. The number of aromatic amines is 2. The molecule has 0 aromatic carbocycles. The van der Waals surface area contributed by atoms with Crippen LogP contribution in [-0.4, -0.2) is 38.0 Å². The van der Waals surface area contributed by atoms with Gasteiger partial charge in [0.1, 0.15) is 11.3 Å². The molecule has 1 aliphatic rings. The molecule has 1 amide bonds. The third kappa shape index (κ3) is 3.87. The third-order valence-electron chi connectivity index (χ3n) is 5.21. The second-order valence-corrected chi connectivity index (χ2v) is 7.01. The van der Waals surface area contributed by atoms with Gasteiger partial charge in [-0.1, -0.05) is 19.3 Å². The molecular weight excluding hydrogens is 336 g/mol. The number of aryl methyl sites for hydroxylation is 2. The highest BCUT2D eigenvalue weighted by atomic mass is 16.2. The quantitative estimate of drug-likeness (QED) is 0.569. The van der Waals surface area contributed by atoms with Crippen LogP contribution in [0.3, 0.4) is 0 Å². The number of nitrogens with one attached hydrogen (secondary N) is 3. The average Bonchev–Trinajstić information content (AvgIpc) is 3.08. The average molecular weight is 362 g/mol. The minimum Gasteiger partial charge on any atom is -0.352 e. The van der Waals surface area contributed by atoms with Crippen molar-refractivity contribution in [3.05, 3.63) is 26.7 Å². The minimum atomic E-state index is -0.517. The highest BCUT2D eigenvalue weighted by molar-refractivity contribution is 5.76. The molecule has 9 heteroatoms. The Morgan fingerprint density at radius 1 is 1.31 bits per heavy atom. The van der Waals surface area contributed by atoms with Crippen LogP contribution in [0.2, 0.25) is 0 Å². The van der Waals surface area contributed by atoms with E-state index in [4.69, 9.17) is 5.73 Å². The molecule has 1 aliphatic carbocycles. The van der Waals surface area contributed by atoms with Gasteiger partial charge in [0.2, 0.25) is 5.91 Å². The Hall–Kier alpha value is -2.42. The Kier molecular flexibility index (Phi) is 5.55. The van der Waals surface area contributed by atoms with Crippen LogP contribution in [0.5, 0.6) is 0 Å². The van der Waals surface area contributed by atoms with Crippen LogP contribution in [0.25, 0.3) is 11.2 Å². The largest absolute Gasteiger partial charge is 0.352 e. The maximum Gasteiger partial charge on any atom is 0.329 e. The first kappa shape index (κ1) is 18.4. The van der Waals surface area contributed by atoms with Crippen LogP contribution in [-0.2, 0) is 18.3 Å². The number of nitrogens with zero attached hydrogens (tertiary/aromatic N) is 2. The van der Waals surface area contributed by atoms with E-state index in [0.29, 0.717) is 24.7 Å². The molecule has 5 N–H and O–H groups in total. The van der Waals surface area contributed by atoms with Gasteiger partial charge < -0.3 is 16.0 Å². The molecule has 0 saturated heterocycles. The topological polar surface area (TPSA) is 139 Å². The molecular formula is C17H26N6O3. The molecule has 0 aliphatic heterocycles. The van der Waals surface area contributed by atoms with Crippen LogP contribution in [0.15, 0.2) is 9.59 Å². The van der Waals surface area contributed by atoms with Gasteiger partial charge in [0.05, 0.1) is 0 Å². The monoisotopic (exact) mass is 362 g/mol. The smallest absolute Gasteiger partial charge is 0.329 e. The summed E-state index contributed by atoms with van der Waals surface area (Å²) in [5.74, 6) is 0.884. The van der Waals surface area contributed by atoms with Crippen molar-refractivity contribution in [2.45, 2.75) is 51.0 Å². The molecule has 2 aromatic heterocycles. The van der Waals surface area contributed by atoms with Crippen LogP contribution >= 0.6 is 0 Å². The van der Waals surface area contributed by atoms with E-state index in [2.05, 4.69) is 20.3 Å². The maximum absolute atomic E-state index is 12.3. The highest BCUT2D eigenvalue weighted by Crippen LogP contribution is 2.26. The zero-order valence-corrected chi connectivity index (χ0v) is 15.0. The van der Waals surface area contributed by atoms with Crippen molar-refractivity contribution in [3.8, 4) is 0 Å². The van der Waals surface area contributed by atoms with E-state index in [-0.39, 0.29) is 29.5 Å². The zero-order valence-electron chi connectivity index (χ0n) is 15.0. The van der Waals surface area contributed by atoms with Gasteiger partial charge in [-0.15, -0.1) is 0 Å². The standard InChI is InChI=1S/C17H26N6O3/c1-23-15-14(16(25)22-17(23)26)20-12(21-15)7-8-13(24)19-11(9-18)10-5-3-2-4-6-10/h10-11H,2-9,18H2,1H3,(H,19,24)(H,20,21)(H,22,25,26). The molecule has 0 spiro atoms. The van der Waals surface area contributed by atoms with E-state index < -0.39 is 11.2 Å². The second kappa shape index (κ2) is 7.86. The molecule has 1 atom stereocenters. The van der Waals surface area contributed by atoms with Gasteiger partial charge in [0.15, 0.2) is 5.65 Å². The van der Waals surface area contributed by atoms with Gasteiger partial charge in [-0.2, -0.15) is 0 Å². The first-order chi connectivity index (χ1) is 12.5. The number of hydrogen-bond donors (Lipinski definition) is 4. The summed E-state index contributed by atoms with van der Waals surface area (Å²) in [6.45, 7) is 0.443. The summed E-state index contributed by atoms with van der Waals surface area (Å²) < 4.78 is 1.27. The van der Waals surface area contributed by atoms with Crippen molar-refractivity contribution < 1.29 is 4.79 Å². The molecule has 1 saturated carbocycles. The number of nitrogens with two attached hydrogens (primary N) is 1. The molecule has 142 valence electrons. The van der Waals surface area contributed by atoms with Crippen molar-refractivity contribution in [3.63, 3.8) is 0 Å². The summed E-state index contributed by atoms with van der Waals surface area (Å²) in [5.41, 5.74) is 5.36. The van der Waals surface area contributed by atoms with E-state index in [1.165, 1.54) is 30.9 Å². The van der Waals surface area contributed by atoms with Crippen LogP contribution in [0.4, 0.5) is 0 Å². The molecule has 2 aromatic rings. The van der Waals surface area contributed by atoms with Gasteiger partial charge in [0.25, 0.3) is 5.56 Å². The Labute approximate surface area is 150 Å². The molecule has 0 radical (unpaired) electrons. The Balaban J connectivity index is 1.63. The lowest BCUT2D eigenvalue weighted by atomic mass is 9.84. The predicted octanol–water partition coefficient (Wildman–Crippen LogP) is -0.0937. The first-order valence-electron chi connectivity index (χ1n) is 9.17. The van der Waals surface area contributed by atoms with Crippen LogP contribution in [0, 0.1) is 5.92 Å². The van der Waals surface area contributed by atoms with E-state index in [9.17, 15) is 14.4 Å². The number of hydrogen-bond acceptors (Lipinski definition) is 5. The molecule has 0 bridgehead atoms. The molecule has 2 heterocycles. The van der Waals surface area contributed by atoms with Crippen molar-refractivity contribution >= 4 is 17.1 Å². The Morgan fingerprint density at radius 2 is 2.04 bits per heavy atom. The predicted molar refractivity (Wildman–Crippen MR) is 97.8 cm³/mol. The number of rotatable bonds is 6. The molecule has 3 rings (SSSR count). The van der Waals surface area contributed by atoms with Crippen molar-refractivity contribution in [2.24, 2.45) is 18.7 Å². The minimum absolute atomic E-state index is 0.0159. The lowest BCUT2D eigenvalue weighted by molar-refractivity contribution is -0.122. The summed E-state index contributed by atoms with van der Waals surface area (Å²) in [4.78, 5) is 45.1. The first-order valence-corrected chi connectivity index (χ1v) is 9.17. The van der Waals surface area contributed by atoms with E-state index in [1.807, 2.05) is 0 Å². The van der Waals surface area contributed by atoms with Gasteiger partial charge in [-0.05, 0) is 18.8 Å². The lowest BCUT2D eigenvalue weighted by Gasteiger charge is -2.30. The second-order valence-electron chi connectivity index (χ2n) is 7.01. The molecule has 26 heavy (non-hydrogen) atoms. The molecule has 1 unspecified atom stereocenters. The van der Waals surface area contributed by atoms with Gasteiger partial charge >= 0.3 is 5.69 Å². The van der Waals surface area contributed by atoms with Crippen molar-refractivity contribution in [2.75, 3.05) is 6.54 Å². The van der Waals surface area contributed by atoms with Crippen LogP contribution in [0.1, 0.15) is 44.3 Å². The number of carbonyl (C=O) groups excluding carboxylic acids is 1. The van der Waals surface area contributed by atoms with Crippen molar-refractivity contribution in [1.82, 2.24) is 24.8 Å². The third-order valence-corrected chi connectivity index (χ3v) is 5.21. The summed E-state index contributed by atoms with van der Waals surface area (Å²) in [6.07, 6.45) is 6.48. The van der Waals surface area contributed by atoms with Crippen molar-refractivity contribution in [1.29, 1.82) is 0 Å². The zero-order chi connectivity index (χ0) is 18.7. The summed E-state index contributed by atoms with van der Waals surface area (Å²) in [6, 6.07) is 0.0159. The van der Waals surface area contributed by atoms with E-state index in [1.54, 1.807) is 0 Å². The Bertz CT molecular complexity index is 890.